The summed E-state index contributed by atoms with van der Waals surface area (Å²) >= 11 is 0. The van der Waals surface area contributed by atoms with Crippen molar-refractivity contribution in [2.45, 2.75) is 50.6 Å². The first-order valence-corrected chi connectivity index (χ1v) is 8.40. The van der Waals surface area contributed by atoms with Crippen LogP contribution in [0.5, 0.6) is 0 Å². The SMILES string of the molecule is CCNS(=O)(=O)c1ccc(CC)c(CNC2CC2)c1. The molecule has 106 valence electrons. The van der Waals surface area contributed by atoms with Gasteiger partial charge in [-0.25, -0.2) is 13.1 Å². The van der Waals surface area contributed by atoms with Gasteiger partial charge in [0.1, 0.15) is 0 Å². The topological polar surface area (TPSA) is 58.2 Å². The van der Waals surface area contributed by atoms with Gasteiger partial charge in [-0.1, -0.05) is 19.9 Å². The van der Waals surface area contributed by atoms with Crippen molar-refractivity contribution in [3.63, 3.8) is 0 Å². The smallest absolute Gasteiger partial charge is 0.240 e. The summed E-state index contributed by atoms with van der Waals surface area (Å²) < 4.78 is 26.5. The fraction of sp³-hybridized carbons (Fsp3) is 0.571. The van der Waals surface area contributed by atoms with Crippen LogP contribution in [0.3, 0.4) is 0 Å². The van der Waals surface area contributed by atoms with E-state index < -0.39 is 10.0 Å². The van der Waals surface area contributed by atoms with Crippen molar-refractivity contribution in [1.29, 1.82) is 0 Å². The Labute approximate surface area is 115 Å². The third-order valence-corrected chi connectivity index (χ3v) is 4.91. The van der Waals surface area contributed by atoms with Crippen LogP contribution in [0.25, 0.3) is 0 Å². The Morgan fingerprint density at radius 2 is 1.95 bits per heavy atom. The van der Waals surface area contributed by atoms with E-state index in [-0.39, 0.29) is 0 Å². The highest BCUT2D eigenvalue weighted by molar-refractivity contribution is 7.89. The van der Waals surface area contributed by atoms with Crippen molar-refractivity contribution < 1.29 is 8.42 Å². The second-order valence-electron chi connectivity index (χ2n) is 4.94. The van der Waals surface area contributed by atoms with E-state index in [1.807, 2.05) is 6.07 Å². The highest BCUT2D eigenvalue weighted by Crippen LogP contribution is 2.21. The second-order valence-corrected chi connectivity index (χ2v) is 6.71. The van der Waals surface area contributed by atoms with Crippen LogP contribution in [-0.4, -0.2) is 21.0 Å². The molecule has 2 N–H and O–H groups in total. The molecule has 0 atom stereocenters. The fourth-order valence-corrected chi connectivity index (χ4v) is 3.19. The predicted molar refractivity (Wildman–Crippen MR) is 76.5 cm³/mol. The molecule has 1 aromatic rings. The van der Waals surface area contributed by atoms with E-state index in [9.17, 15) is 8.42 Å². The number of hydrogen-bond acceptors (Lipinski definition) is 3. The van der Waals surface area contributed by atoms with Crippen LogP contribution in [0.15, 0.2) is 23.1 Å². The lowest BCUT2D eigenvalue weighted by Gasteiger charge is -2.12. The first kappa shape index (κ1) is 14.5. The molecule has 0 unspecified atom stereocenters. The summed E-state index contributed by atoms with van der Waals surface area (Å²) in [5.74, 6) is 0. The van der Waals surface area contributed by atoms with Crippen molar-refractivity contribution in [2.75, 3.05) is 6.54 Å². The summed E-state index contributed by atoms with van der Waals surface area (Å²) in [6.07, 6.45) is 3.39. The van der Waals surface area contributed by atoms with Crippen molar-refractivity contribution in [2.24, 2.45) is 0 Å². The molecule has 5 heteroatoms. The Kier molecular flexibility index (Phi) is 4.60. The molecule has 2 rings (SSSR count). The van der Waals surface area contributed by atoms with E-state index in [1.54, 1.807) is 19.1 Å². The van der Waals surface area contributed by atoms with Crippen LogP contribution in [0.1, 0.15) is 37.8 Å². The number of sulfonamides is 1. The van der Waals surface area contributed by atoms with Gasteiger partial charge in [0.05, 0.1) is 4.90 Å². The van der Waals surface area contributed by atoms with Crippen molar-refractivity contribution in [3.8, 4) is 0 Å². The van der Waals surface area contributed by atoms with E-state index in [0.29, 0.717) is 17.5 Å². The molecule has 0 aromatic heterocycles. The molecular formula is C14H22N2O2S. The number of benzene rings is 1. The summed E-state index contributed by atoms with van der Waals surface area (Å²) in [7, 11) is -3.36. The molecule has 19 heavy (non-hydrogen) atoms. The van der Waals surface area contributed by atoms with Crippen LogP contribution in [0.4, 0.5) is 0 Å². The fourth-order valence-electron chi connectivity index (χ4n) is 2.09. The molecular weight excluding hydrogens is 260 g/mol. The van der Waals surface area contributed by atoms with E-state index in [2.05, 4.69) is 17.0 Å². The lowest BCUT2D eigenvalue weighted by Crippen LogP contribution is -2.24. The lowest BCUT2D eigenvalue weighted by molar-refractivity contribution is 0.583. The summed E-state index contributed by atoms with van der Waals surface area (Å²) in [6.45, 7) is 5.04. The molecule has 1 fully saturated rings. The Hall–Kier alpha value is -0.910. The minimum atomic E-state index is -3.36. The zero-order chi connectivity index (χ0) is 13.9. The monoisotopic (exact) mass is 282 g/mol. The van der Waals surface area contributed by atoms with Gasteiger partial charge in [0, 0.05) is 19.1 Å². The minimum absolute atomic E-state index is 0.360. The Bertz CT molecular complexity index is 536. The summed E-state index contributed by atoms with van der Waals surface area (Å²) in [4.78, 5) is 0.360. The molecule has 1 aliphatic rings. The predicted octanol–water partition coefficient (Wildman–Crippen LogP) is 1.80. The molecule has 0 aliphatic heterocycles. The average molecular weight is 282 g/mol. The van der Waals surface area contributed by atoms with Gasteiger partial charge in [-0.05, 0) is 42.5 Å². The highest BCUT2D eigenvalue weighted by atomic mass is 32.2. The minimum Gasteiger partial charge on any atom is -0.310 e. The summed E-state index contributed by atoms with van der Waals surface area (Å²) in [6, 6.07) is 6.04. The summed E-state index contributed by atoms with van der Waals surface area (Å²) in [5.41, 5.74) is 2.30. The zero-order valence-electron chi connectivity index (χ0n) is 11.6. The lowest BCUT2D eigenvalue weighted by atomic mass is 10.1. The maximum Gasteiger partial charge on any atom is 0.240 e. The van der Waals surface area contributed by atoms with Crippen LogP contribution < -0.4 is 10.0 Å². The molecule has 1 saturated carbocycles. The molecule has 0 saturated heterocycles. The van der Waals surface area contributed by atoms with Gasteiger partial charge in [-0.3, -0.25) is 0 Å². The van der Waals surface area contributed by atoms with Crippen molar-refractivity contribution in [3.05, 3.63) is 29.3 Å². The van der Waals surface area contributed by atoms with Crippen LogP contribution in [0.2, 0.25) is 0 Å². The molecule has 4 nitrogen and oxygen atoms in total. The quantitative estimate of drug-likeness (QED) is 0.802. The first-order valence-electron chi connectivity index (χ1n) is 6.91. The summed E-state index contributed by atoms with van der Waals surface area (Å²) in [5, 5.41) is 3.44. The van der Waals surface area contributed by atoms with Crippen molar-refractivity contribution in [1.82, 2.24) is 10.0 Å². The number of rotatable bonds is 7. The van der Waals surface area contributed by atoms with Gasteiger partial charge in [0.15, 0.2) is 0 Å². The molecule has 1 aliphatic carbocycles. The second kappa shape index (κ2) is 6.03. The van der Waals surface area contributed by atoms with Gasteiger partial charge in [0.2, 0.25) is 10.0 Å². The Balaban J connectivity index is 2.23. The van der Waals surface area contributed by atoms with Gasteiger partial charge < -0.3 is 5.32 Å². The standard InChI is InChI=1S/C14H22N2O2S/c1-3-11-5-8-14(19(17,18)16-4-2)9-12(11)10-15-13-6-7-13/h5,8-9,13,15-16H,3-4,6-7,10H2,1-2H3. The van der Waals surface area contributed by atoms with E-state index >= 15 is 0 Å². The number of aryl methyl sites for hydroxylation is 1. The van der Waals surface area contributed by atoms with E-state index in [0.717, 1.165) is 18.5 Å². The largest absolute Gasteiger partial charge is 0.310 e. The number of nitrogens with one attached hydrogen (secondary N) is 2. The van der Waals surface area contributed by atoms with Crippen LogP contribution in [0, 0.1) is 0 Å². The molecule has 1 aromatic carbocycles. The van der Waals surface area contributed by atoms with Gasteiger partial charge in [-0.2, -0.15) is 0 Å². The third-order valence-electron chi connectivity index (χ3n) is 3.36. The maximum atomic E-state index is 12.0. The molecule has 0 radical (unpaired) electrons. The molecule has 0 amide bonds. The van der Waals surface area contributed by atoms with Crippen LogP contribution in [-0.2, 0) is 23.0 Å². The van der Waals surface area contributed by atoms with Crippen LogP contribution >= 0.6 is 0 Å². The Morgan fingerprint density at radius 3 is 2.53 bits per heavy atom. The average Bonchev–Trinajstić information content (AvgIpc) is 3.20. The molecule has 0 bridgehead atoms. The number of hydrogen-bond donors (Lipinski definition) is 2. The van der Waals surface area contributed by atoms with Gasteiger partial charge in [0.25, 0.3) is 0 Å². The molecule has 0 heterocycles. The zero-order valence-corrected chi connectivity index (χ0v) is 12.4. The highest BCUT2D eigenvalue weighted by Gasteiger charge is 2.21. The molecule has 0 spiro atoms. The van der Waals surface area contributed by atoms with E-state index in [4.69, 9.17) is 0 Å². The third kappa shape index (κ3) is 3.78. The first-order chi connectivity index (χ1) is 9.06. The van der Waals surface area contributed by atoms with E-state index in [1.165, 1.54) is 18.4 Å². The Morgan fingerprint density at radius 1 is 1.21 bits per heavy atom. The normalized spacial score (nSPS) is 15.7. The van der Waals surface area contributed by atoms with Gasteiger partial charge in [-0.15, -0.1) is 0 Å². The van der Waals surface area contributed by atoms with Crippen molar-refractivity contribution >= 4 is 10.0 Å². The maximum absolute atomic E-state index is 12.0. The van der Waals surface area contributed by atoms with Gasteiger partial charge >= 0.3 is 0 Å².